The van der Waals surface area contributed by atoms with Crippen molar-refractivity contribution in [1.82, 2.24) is 10.7 Å². The van der Waals surface area contributed by atoms with Gasteiger partial charge in [0.25, 0.3) is 0 Å². The standard InChI is InChI=1S/C10H24N4/c1-8(2)6-12-9(14-11)13-7-10(3,4)5/h8H,6-7,11H2,1-5H3,(H2,12,13,14). The summed E-state index contributed by atoms with van der Waals surface area (Å²) in [5.74, 6) is 6.61. The highest BCUT2D eigenvalue weighted by molar-refractivity contribution is 5.79. The van der Waals surface area contributed by atoms with Gasteiger partial charge >= 0.3 is 0 Å². The number of nitrogens with zero attached hydrogens (tertiary/aromatic N) is 1. The monoisotopic (exact) mass is 200 g/mol. The van der Waals surface area contributed by atoms with Gasteiger partial charge in [0.2, 0.25) is 5.96 Å². The largest absolute Gasteiger partial charge is 0.355 e. The van der Waals surface area contributed by atoms with Crippen LogP contribution in [0.15, 0.2) is 4.99 Å². The quantitative estimate of drug-likeness (QED) is 0.277. The first-order valence-corrected chi connectivity index (χ1v) is 5.10. The van der Waals surface area contributed by atoms with E-state index in [1.807, 2.05) is 0 Å². The minimum absolute atomic E-state index is 0.196. The number of nitrogens with one attached hydrogen (secondary N) is 2. The number of hydrogen-bond acceptors (Lipinski definition) is 2. The molecule has 0 bridgehead atoms. The molecule has 0 heterocycles. The van der Waals surface area contributed by atoms with Gasteiger partial charge in [-0.15, -0.1) is 0 Å². The summed E-state index contributed by atoms with van der Waals surface area (Å²) < 4.78 is 0. The molecule has 0 saturated carbocycles. The van der Waals surface area contributed by atoms with E-state index >= 15 is 0 Å². The SMILES string of the molecule is CC(C)CNC(=NCC(C)(C)C)NN. The minimum Gasteiger partial charge on any atom is -0.355 e. The molecule has 0 aromatic heterocycles. The summed E-state index contributed by atoms with van der Waals surface area (Å²) >= 11 is 0. The predicted molar refractivity (Wildman–Crippen MR) is 61.9 cm³/mol. The van der Waals surface area contributed by atoms with E-state index in [-0.39, 0.29) is 5.41 Å². The van der Waals surface area contributed by atoms with E-state index in [4.69, 9.17) is 5.84 Å². The van der Waals surface area contributed by atoms with Crippen LogP contribution >= 0.6 is 0 Å². The third-order valence-corrected chi connectivity index (χ3v) is 1.53. The fourth-order valence-electron chi connectivity index (χ4n) is 0.770. The Morgan fingerprint density at radius 2 is 1.93 bits per heavy atom. The van der Waals surface area contributed by atoms with E-state index in [0.29, 0.717) is 11.9 Å². The van der Waals surface area contributed by atoms with Crippen LogP contribution in [-0.4, -0.2) is 19.0 Å². The Balaban J connectivity index is 4.00. The van der Waals surface area contributed by atoms with Crippen molar-refractivity contribution < 1.29 is 0 Å². The van der Waals surface area contributed by atoms with Crippen molar-refractivity contribution in [1.29, 1.82) is 0 Å². The van der Waals surface area contributed by atoms with Gasteiger partial charge in [-0.25, -0.2) is 5.84 Å². The maximum absolute atomic E-state index is 5.35. The Labute approximate surface area is 87.3 Å². The number of hydrogen-bond donors (Lipinski definition) is 3. The Morgan fingerprint density at radius 1 is 1.36 bits per heavy atom. The molecule has 0 amide bonds. The molecule has 4 heteroatoms. The van der Waals surface area contributed by atoms with Gasteiger partial charge in [-0.05, 0) is 11.3 Å². The van der Waals surface area contributed by atoms with E-state index in [1.165, 1.54) is 0 Å². The van der Waals surface area contributed by atoms with Gasteiger partial charge in [0.1, 0.15) is 0 Å². The fraction of sp³-hybridized carbons (Fsp3) is 0.900. The molecule has 4 N–H and O–H groups in total. The van der Waals surface area contributed by atoms with Crippen molar-refractivity contribution in [3.63, 3.8) is 0 Å². The molecule has 0 saturated heterocycles. The lowest BCUT2D eigenvalue weighted by Crippen LogP contribution is -2.43. The summed E-state index contributed by atoms with van der Waals surface area (Å²) in [5.41, 5.74) is 2.76. The number of rotatable bonds is 3. The second-order valence-corrected chi connectivity index (χ2v) is 5.14. The summed E-state index contributed by atoms with van der Waals surface area (Å²) in [6.45, 7) is 12.4. The molecule has 0 aliphatic carbocycles. The minimum atomic E-state index is 0.196. The van der Waals surface area contributed by atoms with Gasteiger partial charge in [-0.1, -0.05) is 34.6 Å². The maximum atomic E-state index is 5.35. The first-order valence-electron chi connectivity index (χ1n) is 5.10. The molecule has 0 aromatic carbocycles. The van der Waals surface area contributed by atoms with Crippen LogP contribution in [0.2, 0.25) is 0 Å². The average molecular weight is 200 g/mol. The summed E-state index contributed by atoms with van der Waals surface area (Å²) in [4.78, 5) is 4.35. The molecule has 0 radical (unpaired) electrons. The Kier molecular flexibility index (Phi) is 5.53. The molecule has 0 fully saturated rings. The normalized spacial score (nSPS) is 13.2. The van der Waals surface area contributed by atoms with Crippen molar-refractivity contribution >= 4 is 5.96 Å². The zero-order valence-corrected chi connectivity index (χ0v) is 10.0. The summed E-state index contributed by atoms with van der Waals surface area (Å²) in [6.07, 6.45) is 0. The summed E-state index contributed by atoms with van der Waals surface area (Å²) in [6, 6.07) is 0. The van der Waals surface area contributed by atoms with Gasteiger partial charge in [-0.3, -0.25) is 10.4 Å². The van der Waals surface area contributed by atoms with Crippen LogP contribution in [0.4, 0.5) is 0 Å². The number of aliphatic imine (C=N–C) groups is 1. The van der Waals surface area contributed by atoms with Crippen LogP contribution in [0.1, 0.15) is 34.6 Å². The molecular weight excluding hydrogens is 176 g/mol. The van der Waals surface area contributed by atoms with E-state index in [1.54, 1.807) is 0 Å². The Hall–Kier alpha value is -0.770. The molecule has 0 aromatic rings. The van der Waals surface area contributed by atoms with Gasteiger partial charge in [-0.2, -0.15) is 0 Å². The van der Waals surface area contributed by atoms with Gasteiger partial charge < -0.3 is 5.32 Å². The molecule has 0 atom stereocenters. The highest BCUT2D eigenvalue weighted by Gasteiger charge is 2.09. The van der Waals surface area contributed by atoms with Crippen molar-refractivity contribution in [2.75, 3.05) is 13.1 Å². The zero-order chi connectivity index (χ0) is 11.2. The fourth-order valence-corrected chi connectivity index (χ4v) is 0.770. The lowest BCUT2D eigenvalue weighted by molar-refractivity contribution is 0.427. The van der Waals surface area contributed by atoms with Crippen LogP contribution in [0, 0.1) is 11.3 Å². The maximum Gasteiger partial charge on any atom is 0.205 e. The van der Waals surface area contributed by atoms with Gasteiger partial charge in [0, 0.05) is 13.1 Å². The summed E-state index contributed by atoms with van der Waals surface area (Å²) in [5, 5.41) is 3.16. The Bertz CT molecular complexity index is 179. The number of hydrazine groups is 1. The van der Waals surface area contributed by atoms with Gasteiger partial charge in [0.15, 0.2) is 0 Å². The highest BCUT2D eigenvalue weighted by Crippen LogP contribution is 2.12. The van der Waals surface area contributed by atoms with Crippen LogP contribution < -0.4 is 16.6 Å². The second-order valence-electron chi connectivity index (χ2n) is 5.14. The third-order valence-electron chi connectivity index (χ3n) is 1.53. The molecular formula is C10H24N4. The van der Waals surface area contributed by atoms with Crippen LogP contribution in [0.5, 0.6) is 0 Å². The molecule has 0 aliphatic rings. The van der Waals surface area contributed by atoms with E-state index < -0.39 is 0 Å². The molecule has 0 aliphatic heterocycles. The lowest BCUT2D eigenvalue weighted by Gasteiger charge is -2.17. The van der Waals surface area contributed by atoms with Crippen molar-refractivity contribution in [3.05, 3.63) is 0 Å². The van der Waals surface area contributed by atoms with E-state index in [2.05, 4.69) is 50.4 Å². The van der Waals surface area contributed by atoms with Crippen LogP contribution in [0.25, 0.3) is 0 Å². The molecule has 4 nitrogen and oxygen atoms in total. The number of guanidine groups is 1. The highest BCUT2D eigenvalue weighted by atomic mass is 15.3. The zero-order valence-electron chi connectivity index (χ0n) is 10.0. The number of nitrogens with two attached hydrogens (primary N) is 1. The first kappa shape index (κ1) is 13.2. The van der Waals surface area contributed by atoms with E-state index in [9.17, 15) is 0 Å². The molecule has 84 valence electrons. The third kappa shape index (κ3) is 7.86. The van der Waals surface area contributed by atoms with Crippen molar-refractivity contribution in [2.45, 2.75) is 34.6 Å². The smallest absolute Gasteiger partial charge is 0.205 e. The first-order chi connectivity index (χ1) is 6.35. The Morgan fingerprint density at radius 3 is 2.29 bits per heavy atom. The van der Waals surface area contributed by atoms with E-state index in [0.717, 1.165) is 13.1 Å². The molecule has 0 rings (SSSR count). The lowest BCUT2D eigenvalue weighted by atomic mass is 9.97. The predicted octanol–water partition coefficient (Wildman–Crippen LogP) is 1.10. The van der Waals surface area contributed by atoms with Crippen molar-refractivity contribution in [2.24, 2.45) is 22.2 Å². The van der Waals surface area contributed by atoms with Gasteiger partial charge in [0.05, 0.1) is 0 Å². The van der Waals surface area contributed by atoms with Crippen LogP contribution in [-0.2, 0) is 0 Å². The molecule has 0 unspecified atom stereocenters. The van der Waals surface area contributed by atoms with Crippen LogP contribution in [0.3, 0.4) is 0 Å². The second kappa shape index (κ2) is 5.86. The molecule has 14 heavy (non-hydrogen) atoms. The average Bonchev–Trinajstić information content (AvgIpc) is 2.02. The molecule has 0 spiro atoms. The topological polar surface area (TPSA) is 62.4 Å². The van der Waals surface area contributed by atoms with Crippen molar-refractivity contribution in [3.8, 4) is 0 Å². The summed E-state index contributed by atoms with van der Waals surface area (Å²) in [7, 11) is 0.